The average Bonchev–Trinajstić information content (AvgIpc) is 3.73. The summed E-state index contributed by atoms with van der Waals surface area (Å²) in [5.74, 6) is 2.32. The molecule has 0 aliphatic carbocycles. The first-order chi connectivity index (χ1) is 25.1. The van der Waals surface area contributed by atoms with Gasteiger partial charge in [-0.25, -0.2) is 4.98 Å². The van der Waals surface area contributed by atoms with Gasteiger partial charge in [0.25, 0.3) is 5.91 Å². The zero-order valence-electron chi connectivity index (χ0n) is 29.9. The Labute approximate surface area is 301 Å². The van der Waals surface area contributed by atoms with Gasteiger partial charge in [0.1, 0.15) is 5.76 Å². The van der Waals surface area contributed by atoms with Crippen molar-refractivity contribution in [3.05, 3.63) is 102 Å². The highest BCUT2D eigenvalue weighted by molar-refractivity contribution is 5.95. The number of anilines is 1. The second kappa shape index (κ2) is 16.0. The number of para-hydroxylation sites is 2. The molecule has 3 aromatic carbocycles. The molecule has 5 aromatic rings. The summed E-state index contributed by atoms with van der Waals surface area (Å²) in [6.45, 7) is 4.78. The highest BCUT2D eigenvalue weighted by atomic mass is 19.4. The number of imidazole rings is 1. The van der Waals surface area contributed by atoms with Gasteiger partial charge in [-0.1, -0.05) is 24.3 Å². The number of hydrogen-bond acceptors (Lipinski definition) is 8. The third-order valence-electron chi connectivity index (χ3n) is 9.66. The Morgan fingerprint density at radius 1 is 0.923 bits per heavy atom. The standard InChI is InChI=1S/C39H44F3N5O5/c1-44(37(48)29-23-34(49-2)36(51-4)35(24-29)50-3)25-28(27-12-14-30(15-13-27)39(40,41)42)16-19-45-17-8-18-46(21-20-45)38-43-32-10-5-6-11-33(32)47(38)26-31-9-7-22-52-31/h5-7,9-15,22-24,28H,8,16-21,25-26H2,1-4H3. The SMILES string of the molecule is COc1cc(C(=O)N(C)CC(CCN2CCCN(c3nc4ccccc4n3Cc3ccco3)CC2)c2ccc(C(F)(F)F)cc2)cc(OC)c1OC. The molecule has 0 bridgehead atoms. The van der Waals surface area contributed by atoms with E-state index >= 15 is 0 Å². The van der Waals surface area contributed by atoms with Gasteiger partial charge in [0.2, 0.25) is 11.7 Å². The monoisotopic (exact) mass is 719 g/mol. The van der Waals surface area contributed by atoms with E-state index in [-0.39, 0.29) is 18.4 Å². The van der Waals surface area contributed by atoms with E-state index in [2.05, 4.69) is 20.4 Å². The maximum absolute atomic E-state index is 13.7. The van der Waals surface area contributed by atoms with Crippen molar-refractivity contribution in [2.45, 2.75) is 31.5 Å². The molecule has 1 fully saturated rings. The van der Waals surface area contributed by atoms with Crippen molar-refractivity contribution in [1.29, 1.82) is 0 Å². The predicted molar refractivity (Wildman–Crippen MR) is 193 cm³/mol. The van der Waals surface area contributed by atoms with E-state index < -0.39 is 11.7 Å². The number of benzene rings is 3. The molecule has 52 heavy (non-hydrogen) atoms. The van der Waals surface area contributed by atoms with Crippen LogP contribution in [0.25, 0.3) is 11.0 Å². The number of rotatable bonds is 13. The van der Waals surface area contributed by atoms with E-state index in [9.17, 15) is 18.0 Å². The third kappa shape index (κ3) is 8.14. The van der Waals surface area contributed by atoms with Gasteiger partial charge in [-0.2, -0.15) is 13.2 Å². The molecule has 10 nitrogen and oxygen atoms in total. The first-order valence-electron chi connectivity index (χ1n) is 17.3. The zero-order chi connectivity index (χ0) is 36.8. The van der Waals surface area contributed by atoms with Crippen LogP contribution < -0.4 is 19.1 Å². The summed E-state index contributed by atoms with van der Waals surface area (Å²) >= 11 is 0. The molecule has 276 valence electrons. The van der Waals surface area contributed by atoms with E-state index in [0.29, 0.717) is 42.3 Å². The minimum atomic E-state index is -4.44. The summed E-state index contributed by atoms with van der Waals surface area (Å²) < 4.78 is 64.6. The lowest BCUT2D eigenvalue weighted by atomic mass is 9.93. The Kier molecular flexibility index (Phi) is 11.3. The maximum Gasteiger partial charge on any atom is 0.416 e. The third-order valence-corrected chi connectivity index (χ3v) is 9.66. The first kappa shape index (κ1) is 36.6. The van der Waals surface area contributed by atoms with E-state index in [1.54, 1.807) is 30.3 Å². The number of furan rings is 1. The lowest BCUT2D eigenvalue weighted by molar-refractivity contribution is -0.137. The van der Waals surface area contributed by atoms with Gasteiger partial charge in [-0.15, -0.1) is 0 Å². The molecular formula is C39H44F3N5O5. The van der Waals surface area contributed by atoms with Crippen LogP contribution in [-0.2, 0) is 12.7 Å². The molecule has 1 saturated heterocycles. The number of halogens is 3. The lowest BCUT2D eigenvalue weighted by Gasteiger charge is -2.28. The molecule has 1 atom stereocenters. The van der Waals surface area contributed by atoms with Crippen LogP contribution in [-0.4, -0.2) is 92.9 Å². The van der Waals surface area contributed by atoms with Crippen molar-refractivity contribution in [1.82, 2.24) is 19.4 Å². The van der Waals surface area contributed by atoms with Gasteiger partial charge in [-0.3, -0.25) is 4.79 Å². The van der Waals surface area contributed by atoms with Crippen molar-refractivity contribution < 1.29 is 36.6 Å². The number of likely N-dealkylation sites (N-methyl/N-ethyl adjacent to an activating group) is 1. The molecule has 1 unspecified atom stereocenters. The fourth-order valence-electron chi connectivity index (χ4n) is 6.90. The summed E-state index contributed by atoms with van der Waals surface area (Å²) in [6.07, 6.45) is -1.22. The normalized spacial score (nSPS) is 14.6. The van der Waals surface area contributed by atoms with Gasteiger partial charge >= 0.3 is 6.18 Å². The molecule has 1 aliphatic rings. The van der Waals surface area contributed by atoms with Crippen molar-refractivity contribution in [2.24, 2.45) is 0 Å². The van der Waals surface area contributed by atoms with Crippen LogP contribution in [0.1, 0.15) is 46.0 Å². The minimum Gasteiger partial charge on any atom is -0.493 e. The number of nitrogens with zero attached hydrogens (tertiary/aromatic N) is 5. The number of fused-ring (bicyclic) bond motifs is 1. The number of aromatic nitrogens is 2. The van der Waals surface area contributed by atoms with E-state index in [1.807, 2.05) is 30.3 Å². The van der Waals surface area contributed by atoms with Crippen molar-refractivity contribution in [3.63, 3.8) is 0 Å². The highest BCUT2D eigenvalue weighted by Gasteiger charge is 2.31. The molecule has 0 saturated carbocycles. The maximum atomic E-state index is 13.7. The molecule has 1 aliphatic heterocycles. The Balaban J connectivity index is 1.18. The minimum absolute atomic E-state index is 0.227. The van der Waals surface area contributed by atoms with Gasteiger partial charge in [0, 0.05) is 44.7 Å². The summed E-state index contributed by atoms with van der Waals surface area (Å²) in [5, 5.41) is 0. The average molecular weight is 720 g/mol. The van der Waals surface area contributed by atoms with Gasteiger partial charge < -0.3 is 37.9 Å². The second-order valence-corrected chi connectivity index (χ2v) is 13.0. The zero-order valence-corrected chi connectivity index (χ0v) is 29.9. The fraction of sp³-hybridized carbons (Fsp3) is 0.385. The van der Waals surface area contributed by atoms with Crippen molar-refractivity contribution in [3.8, 4) is 17.2 Å². The van der Waals surface area contributed by atoms with Crippen LogP contribution >= 0.6 is 0 Å². The quantitative estimate of drug-likeness (QED) is 0.127. The Hall–Kier alpha value is -5.17. The van der Waals surface area contributed by atoms with Crippen LogP contribution in [0.2, 0.25) is 0 Å². The highest BCUT2D eigenvalue weighted by Crippen LogP contribution is 2.39. The number of amides is 1. The van der Waals surface area contributed by atoms with Gasteiger partial charge in [0.15, 0.2) is 11.5 Å². The smallest absolute Gasteiger partial charge is 0.416 e. The number of methoxy groups -OCH3 is 3. The van der Waals surface area contributed by atoms with Crippen LogP contribution in [0.15, 0.2) is 83.5 Å². The molecule has 1 amide bonds. The molecule has 13 heteroatoms. The number of alkyl halides is 3. The summed E-state index contributed by atoms with van der Waals surface area (Å²) in [4.78, 5) is 25.1. The Bertz CT molecular complexity index is 1920. The Morgan fingerprint density at radius 3 is 2.31 bits per heavy atom. The van der Waals surface area contributed by atoms with Crippen LogP contribution in [0.4, 0.5) is 19.1 Å². The van der Waals surface area contributed by atoms with E-state index in [1.165, 1.54) is 33.5 Å². The van der Waals surface area contributed by atoms with Crippen LogP contribution in [0, 0.1) is 0 Å². The Morgan fingerprint density at radius 2 is 1.65 bits per heavy atom. The summed E-state index contributed by atoms with van der Waals surface area (Å²) in [5.41, 5.74) is 2.34. The van der Waals surface area contributed by atoms with E-state index in [0.717, 1.165) is 73.0 Å². The number of ether oxygens (including phenoxy) is 3. The molecule has 2 aromatic heterocycles. The first-order valence-corrected chi connectivity index (χ1v) is 17.3. The lowest BCUT2D eigenvalue weighted by Crippen LogP contribution is -2.35. The molecular weight excluding hydrogens is 675 g/mol. The van der Waals surface area contributed by atoms with Crippen molar-refractivity contribution >= 4 is 22.9 Å². The van der Waals surface area contributed by atoms with E-state index in [4.69, 9.17) is 23.6 Å². The number of hydrogen-bond donors (Lipinski definition) is 0. The molecule has 0 spiro atoms. The second-order valence-electron chi connectivity index (χ2n) is 13.0. The van der Waals surface area contributed by atoms with Crippen LogP contribution in [0.5, 0.6) is 17.2 Å². The summed E-state index contributed by atoms with van der Waals surface area (Å²) in [7, 11) is 6.15. The fourth-order valence-corrected chi connectivity index (χ4v) is 6.90. The molecule has 6 rings (SSSR count). The molecule has 0 N–H and O–H groups in total. The van der Waals surface area contributed by atoms with Crippen molar-refractivity contribution in [2.75, 3.05) is 72.5 Å². The van der Waals surface area contributed by atoms with Gasteiger partial charge in [0.05, 0.1) is 50.7 Å². The number of carbonyl (C=O) groups is 1. The predicted octanol–water partition coefficient (Wildman–Crippen LogP) is 7.18. The number of carbonyl (C=O) groups excluding carboxylic acids is 1. The molecule has 0 radical (unpaired) electrons. The van der Waals surface area contributed by atoms with Crippen LogP contribution in [0.3, 0.4) is 0 Å². The summed E-state index contributed by atoms with van der Waals surface area (Å²) in [6, 6.07) is 20.4. The molecule has 3 heterocycles. The van der Waals surface area contributed by atoms with Gasteiger partial charge in [-0.05, 0) is 80.0 Å². The largest absolute Gasteiger partial charge is 0.493 e. The topological polar surface area (TPSA) is 85.4 Å².